The van der Waals surface area contributed by atoms with E-state index in [1.54, 1.807) is 12.1 Å². The van der Waals surface area contributed by atoms with Crippen molar-refractivity contribution in [2.75, 3.05) is 0 Å². The lowest BCUT2D eigenvalue weighted by atomic mass is 10.0. The molecule has 0 aliphatic carbocycles. The first-order valence-corrected chi connectivity index (χ1v) is 6.07. The summed E-state index contributed by atoms with van der Waals surface area (Å²) in [5.74, 6) is -0.524. The number of hydrogen-bond acceptors (Lipinski definition) is 2. The molecule has 6 heteroatoms. The standard InChI is InChI=1S/C12H7Cl3FNO/c13-9-2-1-7(11(14)12(9)15)8-3-6(16)4-17-10(8)5-18/h1-4,18H,5H2. The lowest BCUT2D eigenvalue weighted by Crippen LogP contribution is -1.96. The van der Waals surface area contributed by atoms with Crippen molar-refractivity contribution in [2.45, 2.75) is 6.61 Å². The molecule has 1 aromatic heterocycles. The normalized spacial score (nSPS) is 10.7. The Kier molecular flexibility index (Phi) is 4.07. The molecule has 0 bridgehead atoms. The second-order valence-electron chi connectivity index (χ2n) is 3.53. The monoisotopic (exact) mass is 305 g/mol. The van der Waals surface area contributed by atoms with Crippen molar-refractivity contribution in [1.29, 1.82) is 0 Å². The Hall–Kier alpha value is -0.870. The highest BCUT2D eigenvalue weighted by Gasteiger charge is 2.14. The fourth-order valence-electron chi connectivity index (χ4n) is 1.56. The number of pyridine rings is 1. The third kappa shape index (κ3) is 2.45. The van der Waals surface area contributed by atoms with Crippen LogP contribution in [0.5, 0.6) is 0 Å². The first-order chi connectivity index (χ1) is 8.54. The van der Waals surface area contributed by atoms with Crippen molar-refractivity contribution >= 4 is 34.8 Å². The molecule has 0 fully saturated rings. The molecule has 0 aliphatic rings. The van der Waals surface area contributed by atoms with Gasteiger partial charge in [-0.2, -0.15) is 0 Å². The van der Waals surface area contributed by atoms with Crippen LogP contribution < -0.4 is 0 Å². The van der Waals surface area contributed by atoms with Crippen LogP contribution in [0.2, 0.25) is 15.1 Å². The van der Waals surface area contributed by atoms with Gasteiger partial charge in [0.05, 0.1) is 33.6 Å². The van der Waals surface area contributed by atoms with Gasteiger partial charge in [-0.15, -0.1) is 0 Å². The van der Waals surface area contributed by atoms with Crippen molar-refractivity contribution in [2.24, 2.45) is 0 Å². The number of rotatable bonds is 2. The van der Waals surface area contributed by atoms with Crippen LogP contribution in [0.25, 0.3) is 11.1 Å². The van der Waals surface area contributed by atoms with Crippen LogP contribution in [0.1, 0.15) is 5.69 Å². The molecule has 0 atom stereocenters. The number of halogens is 4. The average Bonchev–Trinajstić information content (AvgIpc) is 2.36. The molecule has 1 N–H and O–H groups in total. The molecule has 2 rings (SSSR count). The van der Waals surface area contributed by atoms with E-state index in [0.29, 0.717) is 21.8 Å². The topological polar surface area (TPSA) is 33.1 Å². The van der Waals surface area contributed by atoms with Gasteiger partial charge in [-0.3, -0.25) is 4.98 Å². The molecule has 18 heavy (non-hydrogen) atoms. The highest BCUT2D eigenvalue weighted by atomic mass is 35.5. The van der Waals surface area contributed by atoms with Gasteiger partial charge in [0.2, 0.25) is 0 Å². The van der Waals surface area contributed by atoms with Gasteiger partial charge in [-0.1, -0.05) is 40.9 Å². The lowest BCUT2D eigenvalue weighted by Gasteiger charge is -2.10. The van der Waals surface area contributed by atoms with E-state index >= 15 is 0 Å². The summed E-state index contributed by atoms with van der Waals surface area (Å²) in [7, 11) is 0. The van der Waals surface area contributed by atoms with Gasteiger partial charge in [0.1, 0.15) is 5.82 Å². The predicted molar refractivity (Wildman–Crippen MR) is 70.6 cm³/mol. The summed E-state index contributed by atoms with van der Waals surface area (Å²) in [6.45, 7) is -0.327. The molecule has 0 spiro atoms. The van der Waals surface area contributed by atoms with E-state index in [2.05, 4.69) is 4.98 Å². The van der Waals surface area contributed by atoms with Crippen molar-refractivity contribution in [1.82, 2.24) is 4.98 Å². The summed E-state index contributed by atoms with van der Waals surface area (Å²) in [5, 5.41) is 9.89. The van der Waals surface area contributed by atoms with Crippen LogP contribution in [0.4, 0.5) is 4.39 Å². The average molecular weight is 307 g/mol. The highest BCUT2D eigenvalue weighted by Crippen LogP contribution is 2.38. The number of benzene rings is 1. The SMILES string of the molecule is OCc1ncc(F)cc1-c1ccc(Cl)c(Cl)c1Cl. The smallest absolute Gasteiger partial charge is 0.142 e. The Morgan fingerprint density at radius 3 is 2.50 bits per heavy atom. The van der Waals surface area contributed by atoms with Gasteiger partial charge in [0, 0.05) is 11.1 Å². The summed E-state index contributed by atoms with van der Waals surface area (Å²) < 4.78 is 13.2. The molecule has 94 valence electrons. The van der Waals surface area contributed by atoms with Crippen LogP contribution in [0.15, 0.2) is 24.4 Å². The van der Waals surface area contributed by atoms with E-state index in [0.717, 1.165) is 6.20 Å². The maximum Gasteiger partial charge on any atom is 0.142 e. The summed E-state index contributed by atoms with van der Waals surface area (Å²) in [4.78, 5) is 3.81. The minimum absolute atomic E-state index is 0.184. The number of aliphatic hydroxyl groups is 1. The quantitative estimate of drug-likeness (QED) is 0.837. The summed E-state index contributed by atoms with van der Waals surface area (Å²) in [6, 6.07) is 4.40. The molecular weight excluding hydrogens is 299 g/mol. The minimum atomic E-state index is -0.524. The van der Waals surface area contributed by atoms with E-state index in [-0.39, 0.29) is 16.7 Å². The highest BCUT2D eigenvalue weighted by molar-refractivity contribution is 6.49. The second-order valence-corrected chi connectivity index (χ2v) is 4.69. The Bertz CT molecular complexity index is 604. The van der Waals surface area contributed by atoms with Crippen LogP contribution in [-0.2, 0) is 6.61 Å². The molecule has 0 aliphatic heterocycles. The number of aromatic nitrogens is 1. The zero-order valence-electron chi connectivity index (χ0n) is 8.92. The Balaban J connectivity index is 2.69. The summed E-state index contributed by atoms with van der Waals surface area (Å²) >= 11 is 17.8. The number of aliphatic hydroxyl groups excluding tert-OH is 1. The maximum absolute atomic E-state index is 13.2. The van der Waals surface area contributed by atoms with Gasteiger partial charge in [0.15, 0.2) is 0 Å². The molecule has 0 radical (unpaired) electrons. The fraction of sp³-hybridized carbons (Fsp3) is 0.0833. The zero-order valence-corrected chi connectivity index (χ0v) is 11.2. The lowest BCUT2D eigenvalue weighted by molar-refractivity contribution is 0.277. The second kappa shape index (κ2) is 5.41. The Labute approximate surface area is 118 Å². The van der Waals surface area contributed by atoms with Gasteiger partial charge in [0.25, 0.3) is 0 Å². The van der Waals surface area contributed by atoms with Gasteiger partial charge >= 0.3 is 0 Å². The van der Waals surface area contributed by atoms with Crippen LogP contribution in [0.3, 0.4) is 0 Å². The van der Waals surface area contributed by atoms with E-state index in [1.807, 2.05) is 0 Å². The Morgan fingerprint density at radius 1 is 1.11 bits per heavy atom. The molecule has 0 saturated heterocycles. The zero-order chi connectivity index (χ0) is 13.3. The van der Waals surface area contributed by atoms with Crippen molar-refractivity contribution in [3.05, 3.63) is 51.0 Å². The minimum Gasteiger partial charge on any atom is -0.390 e. The summed E-state index contributed by atoms with van der Waals surface area (Å²) in [5.41, 5.74) is 1.18. The summed E-state index contributed by atoms with van der Waals surface area (Å²) in [6.07, 6.45) is 1.03. The van der Waals surface area contributed by atoms with E-state index in [4.69, 9.17) is 34.8 Å². The molecule has 0 amide bonds. The van der Waals surface area contributed by atoms with Gasteiger partial charge < -0.3 is 5.11 Å². The third-order valence-corrected chi connectivity index (χ3v) is 3.71. The molecule has 2 aromatic rings. The molecule has 1 aromatic carbocycles. The van der Waals surface area contributed by atoms with Gasteiger partial charge in [-0.25, -0.2) is 4.39 Å². The van der Waals surface area contributed by atoms with Crippen molar-refractivity contribution < 1.29 is 9.50 Å². The van der Waals surface area contributed by atoms with Crippen molar-refractivity contribution in [3.63, 3.8) is 0 Å². The first-order valence-electron chi connectivity index (χ1n) is 4.93. The fourth-order valence-corrected chi connectivity index (χ4v) is 2.20. The third-order valence-electron chi connectivity index (χ3n) is 2.41. The molecule has 1 heterocycles. The molecular formula is C12H7Cl3FNO. The largest absolute Gasteiger partial charge is 0.390 e. The maximum atomic E-state index is 13.2. The predicted octanol–water partition coefficient (Wildman–Crippen LogP) is 4.34. The van der Waals surface area contributed by atoms with Crippen LogP contribution in [0, 0.1) is 5.82 Å². The van der Waals surface area contributed by atoms with Gasteiger partial charge in [-0.05, 0) is 12.1 Å². The van der Waals surface area contributed by atoms with Crippen molar-refractivity contribution in [3.8, 4) is 11.1 Å². The molecule has 2 nitrogen and oxygen atoms in total. The molecule has 0 unspecified atom stereocenters. The number of hydrogen-bond donors (Lipinski definition) is 1. The van der Waals surface area contributed by atoms with E-state index in [1.165, 1.54) is 6.07 Å². The molecule has 0 saturated carbocycles. The van der Waals surface area contributed by atoms with E-state index in [9.17, 15) is 9.50 Å². The Morgan fingerprint density at radius 2 is 1.83 bits per heavy atom. The van der Waals surface area contributed by atoms with Crippen LogP contribution >= 0.6 is 34.8 Å². The first kappa shape index (κ1) is 13.6. The van der Waals surface area contributed by atoms with Crippen LogP contribution in [-0.4, -0.2) is 10.1 Å². The number of nitrogens with zero attached hydrogens (tertiary/aromatic N) is 1. The van der Waals surface area contributed by atoms with E-state index < -0.39 is 5.82 Å².